The Labute approximate surface area is 152 Å². The summed E-state index contributed by atoms with van der Waals surface area (Å²) in [5.74, 6) is -2.03. The van der Waals surface area contributed by atoms with Gasteiger partial charge in [-0.2, -0.15) is 0 Å². The van der Waals surface area contributed by atoms with Gasteiger partial charge in [-0.3, -0.25) is 4.79 Å². The van der Waals surface area contributed by atoms with E-state index < -0.39 is 41.8 Å². The summed E-state index contributed by atoms with van der Waals surface area (Å²) >= 11 is 0. The molecule has 0 aliphatic rings. The highest BCUT2D eigenvalue weighted by molar-refractivity contribution is 5.89. The minimum atomic E-state index is -1.34. The zero-order valence-electron chi connectivity index (χ0n) is 15.4. The predicted octanol–water partition coefficient (Wildman–Crippen LogP) is 1.07. The smallest absolute Gasteiger partial charge is 0.408 e. The van der Waals surface area contributed by atoms with Gasteiger partial charge >= 0.3 is 12.1 Å². The Morgan fingerprint density at radius 3 is 2.15 bits per heavy atom. The molecule has 3 atom stereocenters. The number of aliphatic hydroxyl groups excluding tert-OH is 1. The first-order valence-corrected chi connectivity index (χ1v) is 8.24. The van der Waals surface area contributed by atoms with E-state index in [1.54, 1.807) is 51.1 Å². The Kier molecular flexibility index (Phi) is 7.57. The van der Waals surface area contributed by atoms with E-state index in [9.17, 15) is 24.6 Å². The van der Waals surface area contributed by atoms with Gasteiger partial charge in [0, 0.05) is 6.42 Å². The van der Waals surface area contributed by atoms with Crippen LogP contribution >= 0.6 is 0 Å². The molecule has 0 unspecified atom stereocenters. The molecular formula is C18H26N2O6. The number of aliphatic carboxylic acids is 1. The fraction of sp³-hybridized carbons (Fsp3) is 0.500. The van der Waals surface area contributed by atoms with Crippen molar-refractivity contribution in [3.63, 3.8) is 0 Å². The third-order valence-electron chi connectivity index (χ3n) is 3.33. The highest BCUT2D eigenvalue weighted by Gasteiger charge is 2.31. The monoisotopic (exact) mass is 366 g/mol. The number of carboxylic acid groups (broad SMARTS) is 1. The topological polar surface area (TPSA) is 125 Å². The first kappa shape index (κ1) is 21.4. The highest BCUT2D eigenvalue weighted by atomic mass is 16.6. The van der Waals surface area contributed by atoms with E-state index in [0.29, 0.717) is 0 Å². The van der Waals surface area contributed by atoms with E-state index in [4.69, 9.17) is 4.74 Å². The van der Waals surface area contributed by atoms with Crippen molar-refractivity contribution in [1.82, 2.24) is 10.6 Å². The number of benzene rings is 1. The number of nitrogens with one attached hydrogen (secondary N) is 2. The lowest BCUT2D eigenvalue weighted by Crippen LogP contribution is -2.56. The molecule has 2 amide bonds. The van der Waals surface area contributed by atoms with Crippen LogP contribution in [0, 0.1) is 0 Å². The molecule has 0 fully saturated rings. The number of carbonyl (C=O) groups excluding carboxylic acids is 2. The number of alkyl carbamates (subject to hydrolysis) is 1. The van der Waals surface area contributed by atoms with Gasteiger partial charge in [-0.25, -0.2) is 9.59 Å². The molecule has 0 aromatic heterocycles. The number of carboxylic acids is 1. The Morgan fingerprint density at radius 2 is 1.69 bits per heavy atom. The quantitative estimate of drug-likeness (QED) is 0.572. The van der Waals surface area contributed by atoms with Gasteiger partial charge in [-0.1, -0.05) is 30.3 Å². The maximum atomic E-state index is 12.4. The van der Waals surface area contributed by atoms with Gasteiger partial charge in [0.15, 0.2) is 0 Å². The van der Waals surface area contributed by atoms with E-state index in [2.05, 4.69) is 10.6 Å². The Morgan fingerprint density at radius 1 is 1.12 bits per heavy atom. The molecule has 144 valence electrons. The normalized spacial score (nSPS) is 14.7. The fourth-order valence-electron chi connectivity index (χ4n) is 2.15. The molecule has 4 N–H and O–H groups in total. The lowest BCUT2D eigenvalue weighted by molar-refractivity contribution is -0.142. The van der Waals surface area contributed by atoms with Crippen LogP contribution in [0.25, 0.3) is 0 Å². The third kappa shape index (κ3) is 7.52. The van der Waals surface area contributed by atoms with E-state index in [0.717, 1.165) is 5.56 Å². The summed E-state index contributed by atoms with van der Waals surface area (Å²) in [6.45, 7) is 6.29. The summed E-state index contributed by atoms with van der Waals surface area (Å²) in [6.07, 6.45) is -2.05. The number of aliphatic hydroxyl groups is 1. The second-order valence-electron chi connectivity index (χ2n) is 6.95. The second kappa shape index (κ2) is 9.19. The van der Waals surface area contributed by atoms with E-state index >= 15 is 0 Å². The van der Waals surface area contributed by atoms with Gasteiger partial charge in [0.05, 0.1) is 6.10 Å². The van der Waals surface area contributed by atoms with Gasteiger partial charge in [-0.15, -0.1) is 0 Å². The number of ether oxygens (including phenoxy) is 1. The van der Waals surface area contributed by atoms with Crippen LogP contribution in [0.1, 0.15) is 33.3 Å². The molecule has 8 heteroatoms. The average molecular weight is 366 g/mol. The second-order valence-corrected chi connectivity index (χ2v) is 6.95. The molecule has 8 nitrogen and oxygen atoms in total. The van der Waals surface area contributed by atoms with Crippen molar-refractivity contribution in [2.45, 2.75) is 57.9 Å². The van der Waals surface area contributed by atoms with Crippen molar-refractivity contribution >= 4 is 18.0 Å². The van der Waals surface area contributed by atoms with Crippen molar-refractivity contribution < 1.29 is 29.3 Å². The Balaban J connectivity index is 2.80. The standard InChI is InChI=1S/C18H26N2O6/c1-11(21)14(20-17(25)26-18(2,3)4)15(22)19-13(16(23)24)10-12-8-6-5-7-9-12/h5-9,11,13-14,21H,10H2,1-4H3,(H,19,22)(H,20,25)(H,23,24)/t11-,13+,14+/m1/s1. The summed E-state index contributed by atoms with van der Waals surface area (Å²) in [6, 6.07) is 6.26. The Bertz CT molecular complexity index is 624. The van der Waals surface area contributed by atoms with Gasteiger partial charge in [-0.05, 0) is 33.3 Å². The summed E-state index contributed by atoms with van der Waals surface area (Å²) in [4.78, 5) is 35.7. The molecule has 0 spiro atoms. The Hall–Kier alpha value is -2.61. The maximum Gasteiger partial charge on any atom is 0.408 e. The zero-order chi connectivity index (χ0) is 19.9. The van der Waals surface area contributed by atoms with Crippen LogP contribution in [-0.2, 0) is 20.7 Å². The van der Waals surface area contributed by atoms with Crippen molar-refractivity contribution in [3.05, 3.63) is 35.9 Å². The fourth-order valence-corrected chi connectivity index (χ4v) is 2.15. The van der Waals surface area contributed by atoms with Crippen molar-refractivity contribution in [2.75, 3.05) is 0 Å². The van der Waals surface area contributed by atoms with Crippen LogP contribution in [0.15, 0.2) is 30.3 Å². The lowest BCUT2D eigenvalue weighted by Gasteiger charge is -2.25. The molecule has 0 radical (unpaired) electrons. The molecule has 1 rings (SSSR count). The van der Waals surface area contributed by atoms with Crippen molar-refractivity contribution in [2.24, 2.45) is 0 Å². The van der Waals surface area contributed by atoms with E-state index in [-0.39, 0.29) is 6.42 Å². The van der Waals surface area contributed by atoms with Gasteiger partial charge in [0.2, 0.25) is 5.91 Å². The minimum Gasteiger partial charge on any atom is -0.480 e. The van der Waals surface area contributed by atoms with Gasteiger partial charge in [0.25, 0.3) is 0 Å². The van der Waals surface area contributed by atoms with Crippen LogP contribution in [0.3, 0.4) is 0 Å². The van der Waals surface area contributed by atoms with Gasteiger partial charge in [0.1, 0.15) is 17.7 Å². The summed E-state index contributed by atoms with van der Waals surface area (Å²) in [7, 11) is 0. The summed E-state index contributed by atoms with van der Waals surface area (Å²) < 4.78 is 5.06. The molecule has 1 aromatic carbocycles. The minimum absolute atomic E-state index is 0.0703. The molecule has 1 aromatic rings. The van der Waals surface area contributed by atoms with E-state index in [1.807, 2.05) is 0 Å². The molecule has 0 bridgehead atoms. The van der Waals surface area contributed by atoms with Crippen LogP contribution < -0.4 is 10.6 Å². The maximum absolute atomic E-state index is 12.4. The average Bonchev–Trinajstić information content (AvgIpc) is 2.50. The number of rotatable bonds is 7. The predicted molar refractivity (Wildman–Crippen MR) is 94.6 cm³/mol. The molecule has 0 saturated carbocycles. The number of carbonyl (C=O) groups is 3. The molecule has 0 heterocycles. The van der Waals surface area contributed by atoms with Crippen LogP contribution in [0.2, 0.25) is 0 Å². The van der Waals surface area contributed by atoms with E-state index in [1.165, 1.54) is 6.92 Å². The molecule has 0 saturated heterocycles. The van der Waals surface area contributed by atoms with Gasteiger partial charge < -0.3 is 25.6 Å². The summed E-state index contributed by atoms with van der Waals surface area (Å²) in [5.41, 5.74) is -0.0466. The number of hydrogen-bond acceptors (Lipinski definition) is 5. The zero-order valence-corrected chi connectivity index (χ0v) is 15.4. The largest absolute Gasteiger partial charge is 0.480 e. The SMILES string of the molecule is C[C@@H](O)[C@H](NC(=O)OC(C)(C)C)C(=O)N[C@@H](Cc1ccccc1)C(=O)O. The van der Waals surface area contributed by atoms with Crippen molar-refractivity contribution in [1.29, 1.82) is 0 Å². The van der Waals surface area contributed by atoms with Crippen LogP contribution in [0.4, 0.5) is 4.79 Å². The molecule has 0 aliphatic heterocycles. The van der Waals surface area contributed by atoms with Crippen molar-refractivity contribution in [3.8, 4) is 0 Å². The van der Waals surface area contributed by atoms with Crippen LogP contribution in [-0.4, -0.2) is 52.0 Å². The third-order valence-corrected chi connectivity index (χ3v) is 3.33. The first-order chi connectivity index (χ1) is 12.0. The first-order valence-electron chi connectivity index (χ1n) is 8.24. The lowest BCUT2D eigenvalue weighted by atomic mass is 10.0. The highest BCUT2D eigenvalue weighted by Crippen LogP contribution is 2.08. The molecule has 0 aliphatic carbocycles. The van der Waals surface area contributed by atoms with Crippen LogP contribution in [0.5, 0.6) is 0 Å². The molecular weight excluding hydrogens is 340 g/mol. The number of amides is 2. The summed E-state index contributed by atoms with van der Waals surface area (Å²) in [5, 5.41) is 23.8. The molecule has 26 heavy (non-hydrogen) atoms. The number of hydrogen-bond donors (Lipinski definition) is 4.